The summed E-state index contributed by atoms with van der Waals surface area (Å²) in [5.74, 6) is 0.286. The lowest BCUT2D eigenvalue weighted by atomic mass is 10.1. The maximum absolute atomic E-state index is 13.0. The summed E-state index contributed by atoms with van der Waals surface area (Å²) >= 11 is 0. The van der Waals surface area contributed by atoms with Crippen LogP contribution in [-0.4, -0.2) is 57.6 Å². The molecule has 1 aromatic heterocycles. The van der Waals surface area contributed by atoms with E-state index in [2.05, 4.69) is 46.5 Å². The average molecular weight is 432 g/mol. The number of anilines is 1. The molecule has 0 bridgehead atoms. The molecule has 0 unspecified atom stereocenters. The Morgan fingerprint density at radius 2 is 1.62 bits per heavy atom. The number of amides is 2. The van der Waals surface area contributed by atoms with E-state index in [-0.39, 0.29) is 18.2 Å². The first-order valence-electron chi connectivity index (χ1n) is 10.9. The molecule has 3 aromatic rings. The molecule has 2 aromatic carbocycles. The van der Waals surface area contributed by atoms with Gasteiger partial charge in [-0.1, -0.05) is 60.2 Å². The quantitative estimate of drug-likeness (QED) is 0.652. The van der Waals surface area contributed by atoms with E-state index in [0.29, 0.717) is 24.6 Å². The average Bonchev–Trinajstić information content (AvgIpc) is 3.16. The molecular formula is C25H29N5O2. The summed E-state index contributed by atoms with van der Waals surface area (Å²) in [7, 11) is 1.73. The lowest BCUT2D eigenvalue weighted by molar-refractivity contribution is -0.115. The molecule has 0 radical (unpaired) electrons. The van der Waals surface area contributed by atoms with Gasteiger partial charge in [0.1, 0.15) is 5.82 Å². The van der Waals surface area contributed by atoms with Crippen molar-refractivity contribution in [2.24, 2.45) is 7.05 Å². The van der Waals surface area contributed by atoms with Gasteiger partial charge in [0, 0.05) is 45.8 Å². The van der Waals surface area contributed by atoms with Gasteiger partial charge in [-0.15, -0.1) is 0 Å². The van der Waals surface area contributed by atoms with E-state index in [9.17, 15) is 9.59 Å². The highest BCUT2D eigenvalue weighted by atomic mass is 16.2. The van der Waals surface area contributed by atoms with Crippen LogP contribution in [-0.2, 0) is 24.8 Å². The number of aryl methyl sites for hydroxylation is 2. The Hall–Kier alpha value is -3.45. The molecule has 1 fully saturated rings. The number of hydrogen-bond acceptors (Lipinski definition) is 4. The molecule has 2 amide bonds. The van der Waals surface area contributed by atoms with Gasteiger partial charge in [-0.05, 0) is 18.1 Å². The van der Waals surface area contributed by atoms with Crippen LogP contribution in [0, 0.1) is 6.92 Å². The predicted octanol–water partition coefficient (Wildman–Crippen LogP) is 2.87. The standard InChI is InChI=1S/C25H29N5O2/c1-19-8-10-21(11-9-19)18-29-12-14-30(15-13-29)25(32)22-17-23(28(2)27-22)26-24(31)16-20-6-4-3-5-7-20/h3-11,17H,12-16,18H2,1-2H3,(H,26,31). The molecule has 1 aliphatic rings. The number of carbonyl (C=O) groups excluding carboxylic acids is 2. The molecule has 166 valence electrons. The smallest absolute Gasteiger partial charge is 0.274 e. The third-order valence-corrected chi connectivity index (χ3v) is 5.76. The second kappa shape index (κ2) is 9.78. The summed E-state index contributed by atoms with van der Waals surface area (Å²) in [5, 5.41) is 7.20. The summed E-state index contributed by atoms with van der Waals surface area (Å²) in [6, 6.07) is 19.8. The normalized spacial score (nSPS) is 14.4. The van der Waals surface area contributed by atoms with Crippen LogP contribution < -0.4 is 5.32 Å². The van der Waals surface area contributed by atoms with Gasteiger partial charge < -0.3 is 10.2 Å². The summed E-state index contributed by atoms with van der Waals surface area (Å²) in [4.78, 5) is 29.5. The van der Waals surface area contributed by atoms with E-state index in [1.807, 2.05) is 35.2 Å². The zero-order valence-electron chi connectivity index (χ0n) is 18.6. The van der Waals surface area contributed by atoms with E-state index < -0.39 is 0 Å². The number of carbonyl (C=O) groups is 2. The van der Waals surface area contributed by atoms with Gasteiger partial charge in [-0.2, -0.15) is 5.10 Å². The minimum atomic E-state index is -0.136. The third-order valence-electron chi connectivity index (χ3n) is 5.76. The first-order valence-corrected chi connectivity index (χ1v) is 10.9. The predicted molar refractivity (Wildman–Crippen MR) is 124 cm³/mol. The van der Waals surface area contributed by atoms with Crippen molar-refractivity contribution in [2.75, 3.05) is 31.5 Å². The van der Waals surface area contributed by atoms with Crippen LogP contribution >= 0.6 is 0 Å². The van der Waals surface area contributed by atoms with Crippen LogP contribution in [0.3, 0.4) is 0 Å². The van der Waals surface area contributed by atoms with E-state index in [1.165, 1.54) is 11.1 Å². The number of nitrogens with zero attached hydrogens (tertiary/aromatic N) is 4. The van der Waals surface area contributed by atoms with Crippen molar-refractivity contribution >= 4 is 17.6 Å². The van der Waals surface area contributed by atoms with Crippen molar-refractivity contribution in [3.63, 3.8) is 0 Å². The number of benzene rings is 2. The molecule has 1 saturated heterocycles. The Balaban J connectivity index is 1.31. The Bertz CT molecular complexity index is 1070. The fraction of sp³-hybridized carbons (Fsp3) is 0.320. The Kier molecular flexibility index (Phi) is 6.66. The molecule has 0 atom stereocenters. The molecule has 4 rings (SSSR count). The minimum Gasteiger partial charge on any atom is -0.335 e. The molecule has 0 aliphatic carbocycles. The number of aromatic nitrogens is 2. The van der Waals surface area contributed by atoms with Crippen LogP contribution in [0.5, 0.6) is 0 Å². The lowest BCUT2D eigenvalue weighted by Crippen LogP contribution is -2.48. The second-order valence-electron chi connectivity index (χ2n) is 8.30. The molecule has 7 heteroatoms. The molecule has 0 saturated carbocycles. The first kappa shape index (κ1) is 21.8. The Morgan fingerprint density at radius 1 is 0.938 bits per heavy atom. The van der Waals surface area contributed by atoms with Crippen molar-refractivity contribution in [3.05, 3.63) is 83.0 Å². The van der Waals surface area contributed by atoms with Gasteiger partial charge in [-0.3, -0.25) is 19.2 Å². The number of nitrogens with one attached hydrogen (secondary N) is 1. The van der Waals surface area contributed by atoms with Gasteiger partial charge in [-0.25, -0.2) is 0 Å². The van der Waals surface area contributed by atoms with E-state index in [1.54, 1.807) is 17.8 Å². The van der Waals surface area contributed by atoms with Crippen molar-refractivity contribution in [1.29, 1.82) is 0 Å². The Labute approximate surface area is 188 Å². The number of rotatable bonds is 6. The van der Waals surface area contributed by atoms with E-state index in [0.717, 1.165) is 25.2 Å². The molecular weight excluding hydrogens is 402 g/mol. The van der Waals surface area contributed by atoms with Crippen molar-refractivity contribution < 1.29 is 9.59 Å². The van der Waals surface area contributed by atoms with Crippen LogP contribution in [0.4, 0.5) is 5.82 Å². The molecule has 0 spiro atoms. The monoisotopic (exact) mass is 431 g/mol. The zero-order chi connectivity index (χ0) is 22.5. The molecule has 7 nitrogen and oxygen atoms in total. The zero-order valence-corrected chi connectivity index (χ0v) is 18.6. The fourth-order valence-corrected chi connectivity index (χ4v) is 3.88. The number of hydrogen-bond donors (Lipinski definition) is 1. The van der Waals surface area contributed by atoms with Gasteiger partial charge in [0.25, 0.3) is 5.91 Å². The Morgan fingerprint density at radius 3 is 2.31 bits per heavy atom. The third kappa shape index (κ3) is 5.42. The topological polar surface area (TPSA) is 70.5 Å². The summed E-state index contributed by atoms with van der Waals surface area (Å²) in [5.41, 5.74) is 3.84. The van der Waals surface area contributed by atoms with Crippen LogP contribution in [0.15, 0.2) is 60.7 Å². The van der Waals surface area contributed by atoms with E-state index >= 15 is 0 Å². The van der Waals surface area contributed by atoms with E-state index in [4.69, 9.17) is 0 Å². The summed E-state index contributed by atoms with van der Waals surface area (Å²) < 4.78 is 1.55. The van der Waals surface area contributed by atoms with Crippen molar-refractivity contribution in [2.45, 2.75) is 19.9 Å². The highest BCUT2D eigenvalue weighted by Crippen LogP contribution is 2.15. The van der Waals surface area contributed by atoms with Crippen molar-refractivity contribution in [1.82, 2.24) is 19.6 Å². The van der Waals surface area contributed by atoms with Crippen LogP contribution in [0.25, 0.3) is 0 Å². The van der Waals surface area contributed by atoms with Gasteiger partial charge in [0.15, 0.2) is 5.69 Å². The molecule has 1 aliphatic heterocycles. The SMILES string of the molecule is Cc1ccc(CN2CCN(C(=O)c3cc(NC(=O)Cc4ccccc4)n(C)n3)CC2)cc1. The molecule has 1 N–H and O–H groups in total. The molecule has 2 heterocycles. The van der Waals surface area contributed by atoms with Gasteiger partial charge in [0.2, 0.25) is 5.91 Å². The maximum atomic E-state index is 13.0. The second-order valence-corrected chi connectivity index (χ2v) is 8.30. The highest BCUT2D eigenvalue weighted by Gasteiger charge is 2.25. The number of piperazine rings is 1. The highest BCUT2D eigenvalue weighted by molar-refractivity contribution is 5.96. The largest absolute Gasteiger partial charge is 0.335 e. The summed E-state index contributed by atoms with van der Waals surface area (Å²) in [6.45, 7) is 5.96. The lowest BCUT2D eigenvalue weighted by Gasteiger charge is -2.34. The van der Waals surface area contributed by atoms with Crippen LogP contribution in [0.2, 0.25) is 0 Å². The minimum absolute atomic E-state index is 0.0980. The van der Waals surface area contributed by atoms with Gasteiger partial charge in [0.05, 0.1) is 6.42 Å². The first-order chi connectivity index (χ1) is 15.5. The maximum Gasteiger partial charge on any atom is 0.274 e. The van der Waals surface area contributed by atoms with Crippen LogP contribution in [0.1, 0.15) is 27.2 Å². The van der Waals surface area contributed by atoms with Gasteiger partial charge >= 0.3 is 0 Å². The van der Waals surface area contributed by atoms with Crippen molar-refractivity contribution in [3.8, 4) is 0 Å². The summed E-state index contributed by atoms with van der Waals surface area (Å²) in [6.07, 6.45) is 0.276. The fourth-order valence-electron chi connectivity index (χ4n) is 3.88. The molecule has 32 heavy (non-hydrogen) atoms.